The van der Waals surface area contributed by atoms with Gasteiger partial charge in [-0.15, -0.1) is 0 Å². The Labute approximate surface area is 115 Å². The van der Waals surface area contributed by atoms with Gasteiger partial charge in [-0.25, -0.2) is 14.6 Å². The maximum atomic E-state index is 13.5. The molecule has 1 aromatic rings. The standard InChI is InChI=1S/C13H17F2N3O2/c1-8(2)3-4-20-11-6-9(5-10(14)12(11)15)7-17-18-13(16)19/h5-8H,3-4H2,1-2H3,(H3,16,18,19). The summed E-state index contributed by atoms with van der Waals surface area (Å²) in [6.07, 6.45) is 1.87. The van der Waals surface area contributed by atoms with Gasteiger partial charge in [0, 0.05) is 5.56 Å². The molecule has 0 spiro atoms. The Balaban J connectivity index is 2.80. The number of benzene rings is 1. The van der Waals surface area contributed by atoms with E-state index in [0.29, 0.717) is 5.92 Å². The molecular formula is C13H17F2N3O2. The molecule has 0 fully saturated rings. The van der Waals surface area contributed by atoms with E-state index < -0.39 is 17.7 Å². The van der Waals surface area contributed by atoms with Gasteiger partial charge in [-0.1, -0.05) is 13.8 Å². The maximum absolute atomic E-state index is 13.5. The Bertz CT molecular complexity index is 505. The molecule has 5 nitrogen and oxygen atoms in total. The highest BCUT2D eigenvalue weighted by molar-refractivity contribution is 5.82. The fourth-order valence-electron chi connectivity index (χ4n) is 1.34. The molecule has 3 N–H and O–H groups in total. The van der Waals surface area contributed by atoms with Gasteiger partial charge in [-0.2, -0.15) is 9.49 Å². The number of rotatable bonds is 6. The van der Waals surface area contributed by atoms with Crippen molar-refractivity contribution in [2.45, 2.75) is 20.3 Å². The molecule has 7 heteroatoms. The van der Waals surface area contributed by atoms with E-state index in [4.69, 9.17) is 10.5 Å². The normalized spacial score (nSPS) is 11.1. The number of hydrogen-bond donors (Lipinski definition) is 2. The molecule has 0 saturated heterocycles. The molecule has 0 bridgehead atoms. The molecule has 110 valence electrons. The third kappa shape index (κ3) is 5.21. The van der Waals surface area contributed by atoms with Gasteiger partial charge in [0.05, 0.1) is 12.8 Å². The Morgan fingerprint density at radius 2 is 2.20 bits per heavy atom. The molecule has 0 saturated carbocycles. The fraction of sp³-hybridized carbons (Fsp3) is 0.385. The molecule has 0 unspecified atom stereocenters. The van der Waals surface area contributed by atoms with Gasteiger partial charge in [0.2, 0.25) is 5.82 Å². The number of nitrogens with two attached hydrogens (primary N) is 1. The third-order valence-corrected chi connectivity index (χ3v) is 2.36. The number of ether oxygens (including phenoxy) is 1. The average Bonchev–Trinajstić information content (AvgIpc) is 2.34. The van der Waals surface area contributed by atoms with Crippen LogP contribution in [-0.2, 0) is 0 Å². The first-order valence-corrected chi connectivity index (χ1v) is 6.10. The lowest BCUT2D eigenvalue weighted by Crippen LogP contribution is -2.24. The van der Waals surface area contributed by atoms with Crippen molar-refractivity contribution >= 4 is 12.2 Å². The van der Waals surface area contributed by atoms with Gasteiger partial charge in [0.25, 0.3) is 0 Å². The average molecular weight is 285 g/mol. The zero-order chi connectivity index (χ0) is 15.1. The van der Waals surface area contributed by atoms with E-state index >= 15 is 0 Å². The first kappa shape index (κ1) is 15.9. The summed E-state index contributed by atoms with van der Waals surface area (Å²) >= 11 is 0. The largest absolute Gasteiger partial charge is 0.490 e. The Hall–Kier alpha value is -2.18. The highest BCUT2D eigenvalue weighted by atomic mass is 19.2. The van der Waals surface area contributed by atoms with Crippen molar-refractivity contribution in [1.29, 1.82) is 0 Å². The number of carbonyl (C=O) groups is 1. The van der Waals surface area contributed by atoms with Crippen LogP contribution in [0.1, 0.15) is 25.8 Å². The van der Waals surface area contributed by atoms with Crippen LogP contribution < -0.4 is 15.9 Å². The summed E-state index contributed by atoms with van der Waals surface area (Å²) in [5.41, 5.74) is 7.02. The van der Waals surface area contributed by atoms with Crippen molar-refractivity contribution in [2.75, 3.05) is 6.61 Å². The minimum absolute atomic E-state index is 0.189. The van der Waals surface area contributed by atoms with Crippen molar-refractivity contribution in [3.05, 3.63) is 29.3 Å². The quantitative estimate of drug-likeness (QED) is 0.622. The number of amides is 2. The van der Waals surface area contributed by atoms with Crippen molar-refractivity contribution in [2.24, 2.45) is 16.8 Å². The lowest BCUT2D eigenvalue weighted by molar-refractivity contribution is 0.249. The number of nitrogens with one attached hydrogen (secondary N) is 1. The summed E-state index contributed by atoms with van der Waals surface area (Å²) in [4.78, 5) is 10.4. The fourth-order valence-corrected chi connectivity index (χ4v) is 1.34. The third-order valence-electron chi connectivity index (χ3n) is 2.36. The molecule has 0 aliphatic rings. The van der Waals surface area contributed by atoms with Crippen LogP contribution in [-0.4, -0.2) is 18.9 Å². The van der Waals surface area contributed by atoms with Crippen LogP contribution in [0, 0.1) is 17.6 Å². The zero-order valence-electron chi connectivity index (χ0n) is 11.3. The number of hydrazone groups is 1. The predicted octanol–water partition coefficient (Wildman–Crippen LogP) is 2.39. The second-order valence-corrected chi connectivity index (χ2v) is 4.58. The van der Waals surface area contributed by atoms with Crippen molar-refractivity contribution < 1.29 is 18.3 Å². The van der Waals surface area contributed by atoms with Crippen LogP contribution in [0.25, 0.3) is 0 Å². The number of primary amides is 1. The molecule has 0 heterocycles. The summed E-state index contributed by atoms with van der Waals surface area (Å²) in [5.74, 6) is -1.89. The summed E-state index contributed by atoms with van der Waals surface area (Å²) in [7, 11) is 0. The number of halogens is 2. The van der Waals surface area contributed by atoms with Crippen LogP contribution >= 0.6 is 0 Å². The van der Waals surface area contributed by atoms with Crippen LogP contribution in [0.5, 0.6) is 5.75 Å². The molecular weight excluding hydrogens is 268 g/mol. The molecule has 0 radical (unpaired) electrons. The highest BCUT2D eigenvalue weighted by Gasteiger charge is 2.11. The first-order chi connectivity index (χ1) is 9.40. The van der Waals surface area contributed by atoms with Crippen molar-refractivity contribution in [3.63, 3.8) is 0 Å². The van der Waals surface area contributed by atoms with Crippen LogP contribution in [0.15, 0.2) is 17.2 Å². The highest BCUT2D eigenvalue weighted by Crippen LogP contribution is 2.22. The van der Waals surface area contributed by atoms with Gasteiger partial charge in [0.15, 0.2) is 11.6 Å². The molecule has 0 atom stereocenters. The Morgan fingerprint density at radius 1 is 1.50 bits per heavy atom. The van der Waals surface area contributed by atoms with Crippen LogP contribution in [0.2, 0.25) is 0 Å². The van der Waals surface area contributed by atoms with E-state index in [-0.39, 0.29) is 17.9 Å². The van der Waals surface area contributed by atoms with E-state index in [9.17, 15) is 13.6 Å². The summed E-state index contributed by atoms with van der Waals surface area (Å²) in [5, 5.41) is 3.47. The first-order valence-electron chi connectivity index (χ1n) is 6.10. The van der Waals surface area contributed by atoms with E-state index in [1.165, 1.54) is 6.07 Å². The lowest BCUT2D eigenvalue weighted by atomic mass is 10.1. The molecule has 1 rings (SSSR count). The molecule has 0 aliphatic heterocycles. The number of carbonyl (C=O) groups excluding carboxylic acids is 1. The molecule has 0 aromatic heterocycles. The lowest BCUT2D eigenvalue weighted by Gasteiger charge is -2.10. The Morgan fingerprint density at radius 3 is 2.80 bits per heavy atom. The number of urea groups is 1. The van der Waals surface area contributed by atoms with Gasteiger partial charge in [0.1, 0.15) is 0 Å². The molecule has 1 aromatic carbocycles. The second-order valence-electron chi connectivity index (χ2n) is 4.58. The zero-order valence-corrected chi connectivity index (χ0v) is 11.3. The van der Waals surface area contributed by atoms with Crippen LogP contribution in [0.3, 0.4) is 0 Å². The molecule has 0 aliphatic carbocycles. The van der Waals surface area contributed by atoms with Gasteiger partial charge < -0.3 is 10.5 Å². The SMILES string of the molecule is CC(C)CCOc1cc(C=NNC(N)=O)cc(F)c1F. The van der Waals surface area contributed by atoms with Crippen molar-refractivity contribution in [3.8, 4) is 5.75 Å². The number of hydrogen-bond acceptors (Lipinski definition) is 3. The van der Waals surface area contributed by atoms with E-state index in [1.807, 2.05) is 19.3 Å². The van der Waals surface area contributed by atoms with Crippen LogP contribution in [0.4, 0.5) is 13.6 Å². The minimum atomic E-state index is -1.05. The van der Waals surface area contributed by atoms with Crippen molar-refractivity contribution in [1.82, 2.24) is 5.43 Å². The second kappa shape index (κ2) is 7.42. The van der Waals surface area contributed by atoms with E-state index in [1.54, 1.807) is 0 Å². The van der Waals surface area contributed by atoms with Gasteiger partial charge in [-0.05, 0) is 24.5 Å². The predicted molar refractivity (Wildman–Crippen MR) is 71.6 cm³/mol. The van der Waals surface area contributed by atoms with E-state index in [2.05, 4.69) is 5.10 Å². The summed E-state index contributed by atoms with van der Waals surface area (Å²) in [6, 6.07) is 1.39. The molecule has 20 heavy (non-hydrogen) atoms. The maximum Gasteiger partial charge on any atom is 0.332 e. The molecule has 2 amide bonds. The minimum Gasteiger partial charge on any atom is -0.490 e. The smallest absolute Gasteiger partial charge is 0.332 e. The topological polar surface area (TPSA) is 76.7 Å². The van der Waals surface area contributed by atoms with Gasteiger partial charge >= 0.3 is 6.03 Å². The summed E-state index contributed by atoms with van der Waals surface area (Å²) in [6.45, 7) is 4.28. The summed E-state index contributed by atoms with van der Waals surface area (Å²) < 4.78 is 32.1. The van der Waals surface area contributed by atoms with E-state index in [0.717, 1.165) is 18.7 Å². The van der Waals surface area contributed by atoms with Gasteiger partial charge in [-0.3, -0.25) is 0 Å². The Kier molecular flexibility index (Phi) is 5.89. The monoisotopic (exact) mass is 285 g/mol. The number of nitrogens with zero attached hydrogens (tertiary/aromatic N) is 1.